The topological polar surface area (TPSA) is 86.5 Å². The number of likely N-dealkylation sites (tertiary alicyclic amines) is 1. The molecule has 1 atom stereocenters. The van der Waals surface area contributed by atoms with Gasteiger partial charge in [-0.3, -0.25) is 9.78 Å². The van der Waals surface area contributed by atoms with Crippen molar-refractivity contribution in [3.63, 3.8) is 0 Å². The van der Waals surface area contributed by atoms with Crippen LogP contribution in [0.2, 0.25) is 0 Å². The Morgan fingerprint density at radius 1 is 0.938 bits per heavy atom. The van der Waals surface area contributed by atoms with Gasteiger partial charge < -0.3 is 15.1 Å². The van der Waals surface area contributed by atoms with E-state index in [9.17, 15) is 9.90 Å². The second-order valence-electron chi connectivity index (χ2n) is 8.72. The summed E-state index contributed by atoms with van der Waals surface area (Å²) in [4.78, 5) is 22.8. The lowest BCUT2D eigenvalue weighted by Crippen LogP contribution is -2.29. The summed E-state index contributed by atoms with van der Waals surface area (Å²) in [6.07, 6.45) is 6.20. The van der Waals surface area contributed by atoms with Gasteiger partial charge in [-0.25, -0.2) is 4.98 Å². The van der Waals surface area contributed by atoms with E-state index < -0.39 is 0 Å². The highest BCUT2D eigenvalue weighted by atomic mass is 16.3. The van der Waals surface area contributed by atoms with Gasteiger partial charge in [-0.15, -0.1) is 0 Å². The largest absolute Gasteiger partial charge is 0.392 e. The van der Waals surface area contributed by atoms with E-state index in [-0.39, 0.29) is 30.7 Å². The van der Waals surface area contributed by atoms with Crippen LogP contribution in [0.25, 0.3) is 11.1 Å². The van der Waals surface area contributed by atoms with E-state index in [2.05, 4.69) is 52.4 Å². The van der Waals surface area contributed by atoms with E-state index in [4.69, 9.17) is 5.11 Å². The first-order valence-corrected chi connectivity index (χ1v) is 11.2. The maximum atomic E-state index is 12.8. The summed E-state index contributed by atoms with van der Waals surface area (Å²) < 4.78 is 0. The molecular formula is C26H27N3O3. The second kappa shape index (κ2) is 8.81. The fourth-order valence-corrected chi connectivity index (χ4v) is 4.73. The minimum atomic E-state index is -0.196. The number of carbonyl (C=O) groups is 1. The van der Waals surface area contributed by atoms with Gasteiger partial charge in [0.2, 0.25) is 0 Å². The molecule has 2 aromatic carbocycles. The van der Waals surface area contributed by atoms with E-state index in [1.165, 1.54) is 36.4 Å². The molecular weight excluding hydrogens is 402 g/mol. The fourth-order valence-electron chi connectivity index (χ4n) is 4.73. The van der Waals surface area contributed by atoms with Crippen LogP contribution < -0.4 is 0 Å². The van der Waals surface area contributed by atoms with E-state index in [0.29, 0.717) is 24.7 Å². The molecule has 2 heterocycles. The van der Waals surface area contributed by atoms with Gasteiger partial charge in [-0.1, -0.05) is 36.4 Å². The molecule has 1 aliphatic carbocycles. The quantitative estimate of drug-likeness (QED) is 0.625. The van der Waals surface area contributed by atoms with Crippen LogP contribution in [0.3, 0.4) is 0 Å². The van der Waals surface area contributed by atoms with Gasteiger partial charge in [0.25, 0.3) is 5.91 Å². The van der Waals surface area contributed by atoms with Gasteiger partial charge in [-0.2, -0.15) is 0 Å². The van der Waals surface area contributed by atoms with Crippen LogP contribution in [0.4, 0.5) is 0 Å². The first kappa shape index (κ1) is 20.8. The Labute approximate surface area is 187 Å². The monoisotopic (exact) mass is 429 g/mol. The summed E-state index contributed by atoms with van der Waals surface area (Å²) >= 11 is 0. The number of amides is 1. The number of carbonyl (C=O) groups excluding carboxylic acids is 1. The molecule has 6 heteroatoms. The number of hydrogen-bond acceptors (Lipinski definition) is 5. The third-order valence-corrected chi connectivity index (χ3v) is 6.60. The first-order chi connectivity index (χ1) is 15.7. The molecule has 1 unspecified atom stereocenters. The van der Waals surface area contributed by atoms with Crippen LogP contribution >= 0.6 is 0 Å². The third-order valence-electron chi connectivity index (χ3n) is 6.60. The van der Waals surface area contributed by atoms with E-state index in [0.717, 1.165) is 23.1 Å². The highest BCUT2D eigenvalue weighted by molar-refractivity contribution is 5.92. The number of hydrogen-bond donors (Lipinski definition) is 2. The number of rotatable bonds is 6. The molecule has 1 aromatic heterocycles. The van der Waals surface area contributed by atoms with Gasteiger partial charge in [0.15, 0.2) is 0 Å². The van der Waals surface area contributed by atoms with E-state index in [1.807, 2.05) is 0 Å². The predicted molar refractivity (Wildman–Crippen MR) is 121 cm³/mol. The van der Waals surface area contributed by atoms with Gasteiger partial charge >= 0.3 is 0 Å². The molecule has 1 saturated carbocycles. The van der Waals surface area contributed by atoms with E-state index >= 15 is 0 Å². The molecule has 1 amide bonds. The van der Waals surface area contributed by atoms with Crippen molar-refractivity contribution in [1.82, 2.24) is 14.9 Å². The average Bonchev–Trinajstić information content (AvgIpc) is 3.59. The first-order valence-electron chi connectivity index (χ1n) is 11.2. The van der Waals surface area contributed by atoms with Gasteiger partial charge in [0, 0.05) is 19.0 Å². The Hall–Kier alpha value is -3.09. The van der Waals surface area contributed by atoms with Crippen LogP contribution in [0.15, 0.2) is 54.9 Å². The van der Waals surface area contributed by atoms with Crippen LogP contribution in [0.5, 0.6) is 0 Å². The van der Waals surface area contributed by atoms with E-state index in [1.54, 1.807) is 4.90 Å². The molecule has 164 valence electrons. The zero-order valence-corrected chi connectivity index (χ0v) is 17.9. The highest BCUT2D eigenvalue weighted by Gasteiger charge is 2.30. The molecule has 2 N–H and O–H groups in total. The SMILES string of the molecule is O=C(c1cnc(CO)cn1)N1CCC(c2ccc(-c3ccccc3C3CC3)cc2CO)C1. The Morgan fingerprint density at radius 3 is 2.50 bits per heavy atom. The summed E-state index contributed by atoms with van der Waals surface area (Å²) in [7, 11) is 0. The van der Waals surface area contributed by atoms with Gasteiger partial charge in [0.05, 0.1) is 31.3 Å². The van der Waals surface area contributed by atoms with Crippen LogP contribution in [-0.4, -0.2) is 44.1 Å². The lowest BCUT2D eigenvalue weighted by Gasteiger charge is -2.19. The lowest BCUT2D eigenvalue weighted by molar-refractivity contribution is 0.0784. The second-order valence-corrected chi connectivity index (χ2v) is 8.72. The number of benzene rings is 2. The molecule has 0 spiro atoms. The summed E-state index contributed by atoms with van der Waals surface area (Å²) in [5.74, 6) is 0.691. The maximum absolute atomic E-state index is 12.8. The summed E-state index contributed by atoms with van der Waals surface area (Å²) in [6.45, 7) is 1.02. The summed E-state index contributed by atoms with van der Waals surface area (Å²) in [5, 5.41) is 19.2. The van der Waals surface area contributed by atoms with Crippen molar-refractivity contribution in [2.24, 2.45) is 0 Å². The fraction of sp³-hybridized carbons (Fsp3) is 0.346. The number of aromatic nitrogens is 2. The number of nitrogens with zero attached hydrogens (tertiary/aromatic N) is 3. The lowest BCUT2D eigenvalue weighted by atomic mass is 9.89. The maximum Gasteiger partial charge on any atom is 0.274 e. The molecule has 1 saturated heterocycles. The molecule has 2 fully saturated rings. The summed E-state index contributed by atoms with van der Waals surface area (Å²) in [5.41, 5.74) is 6.57. The van der Waals surface area contributed by atoms with Gasteiger partial charge in [0.1, 0.15) is 5.69 Å². The average molecular weight is 430 g/mol. The van der Waals surface area contributed by atoms with Crippen molar-refractivity contribution in [3.05, 3.63) is 82.9 Å². The summed E-state index contributed by atoms with van der Waals surface area (Å²) in [6, 6.07) is 15.0. The molecule has 2 aliphatic rings. The standard InChI is InChI=1S/C26H27N3O3/c30-15-20-11-18(24-4-2-1-3-23(24)17-5-6-17)7-8-22(20)19-9-10-29(14-19)26(32)25-13-27-21(16-31)12-28-25/h1-4,7-8,11-13,17,19,30-31H,5-6,9-10,14-16H2. The molecule has 0 bridgehead atoms. The van der Waals surface area contributed by atoms with Gasteiger partial charge in [-0.05, 0) is 59.1 Å². The minimum absolute atomic E-state index is 0.0205. The van der Waals surface area contributed by atoms with Crippen molar-refractivity contribution in [2.45, 2.75) is 44.3 Å². The Balaban J connectivity index is 1.35. The Bertz CT molecular complexity index is 1130. The Morgan fingerprint density at radius 2 is 1.78 bits per heavy atom. The van der Waals surface area contributed by atoms with Crippen LogP contribution in [0, 0.1) is 0 Å². The molecule has 0 radical (unpaired) electrons. The Kier molecular flexibility index (Phi) is 5.72. The predicted octanol–water partition coefficient (Wildman–Crippen LogP) is 3.64. The van der Waals surface area contributed by atoms with Crippen molar-refractivity contribution >= 4 is 5.91 Å². The number of aliphatic hydroxyl groups is 2. The minimum Gasteiger partial charge on any atom is -0.392 e. The number of aliphatic hydroxyl groups excluding tert-OH is 2. The van der Waals surface area contributed by atoms with Crippen LogP contribution in [-0.2, 0) is 13.2 Å². The van der Waals surface area contributed by atoms with Crippen molar-refractivity contribution in [2.75, 3.05) is 13.1 Å². The zero-order chi connectivity index (χ0) is 22.1. The molecule has 1 aliphatic heterocycles. The smallest absolute Gasteiger partial charge is 0.274 e. The van der Waals surface area contributed by atoms with Crippen molar-refractivity contribution in [3.8, 4) is 11.1 Å². The normalized spacial score (nSPS) is 18.2. The molecule has 32 heavy (non-hydrogen) atoms. The van der Waals surface area contributed by atoms with Crippen molar-refractivity contribution in [1.29, 1.82) is 0 Å². The molecule has 6 nitrogen and oxygen atoms in total. The molecule has 5 rings (SSSR count). The zero-order valence-electron chi connectivity index (χ0n) is 17.9. The molecule has 3 aromatic rings. The van der Waals surface area contributed by atoms with Crippen LogP contribution in [0.1, 0.15) is 64.0 Å². The highest BCUT2D eigenvalue weighted by Crippen LogP contribution is 2.44. The van der Waals surface area contributed by atoms with Crippen molar-refractivity contribution < 1.29 is 15.0 Å². The third kappa shape index (κ3) is 4.04.